The van der Waals surface area contributed by atoms with Gasteiger partial charge in [0, 0.05) is 0 Å². The molecule has 0 nitrogen and oxygen atoms in total. The van der Waals surface area contributed by atoms with E-state index in [2.05, 4.69) is 194 Å². The number of hydrogen-bond acceptors (Lipinski definition) is 0. The highest BCUT2D eigenvalue weighted by Gasteiger charge is 2.17. The second-order valence-corrected chi connectivity index (χ2v) is 13.3. The van der Waals surface area contributed by atoms with Crippen LogP contribution >= 0.6 is 0 Å². The molecule has 0 fully saturated rings. The van der Waals surface area contributed by atoms with Crippen LogP contribution in [0.25, 0.3) is 98.4 Å². The lowest BCUT2D eigenvalue weighted by atomic mass is 9.85. The molecule has 0 saturated heterocycles. The summed E-state index contributed by atoms with van der Waals surface area (Å²) in [5.41, 5.74) is 9.94. The molecule has 0 unspecified atom stereocenters. The van der Waals surface area contributed by atoms with E-state index in [1.807, 2.05) is 0 Å². The molecular formula is C50H32. The van der Waals surface area contributed by atoms with Gasteiger partial charge in [-0.05, 0) is 111 Å². The van der Waals surface area contributed by atoms with Crippen LogP contribution in [0.4, 0.5) is 0 Å². The second-order valence-electron chi connectivity index (χ2n) is 13.3. The van der Waals surface area contributed by atoms with Crippen molar-refractivity contribution in [3.8, 4) is 44.5 Å². The van der Waals surface area contributed by atoms with E-state index in [-0.39, 0.29) is 0 Å². The van der Waals surface area contributed by atoms with Crippen LogP contribution in [0.3, 0.4) is 0 Å². The van der Waals surface area contributed by atoms with Crippen molar-refractivity contribution in [3.05, 3.63) is 194 Å². The van der Waals surface area contributed by atoms with E-state index in [0.717, 1.165) is 0 Å². The highest BCUT2D eigenvalue weighted by Crippen LogP contribution is 2.44. The van der Waals surface area contributed by atoms with Gasteiger partial charge in [-0.1, -0.05) is 182 Å². The molecule has 0 heterocycles. The van der Waals surface area contributed by atoms with Gasteiger partial charge in [0.25, 0.3) is 0 Å². The van der Waals surface area contributed by atoms with E-state index in [1.54, 1.807) is 0 Å². The summed E-state index contributed by atoms with van der Waals surface area (Å²) in [6, 6.07) is 71.3. The van der Waals surface area contributed by atoms with Crippen LogP contribution in [-0.4, -0.2) is 0 Å². The Morgan fingerprint density at radius 1 is 0.180 bits per heavy atom. The summed E-state index contributed by atoms with van der Waals surface area (Å²) in [7, 11) is 0. The summed E-state index contributed by atoms with van der Waals surface area (Å²) in [5.74, 6) is 0. The van der Waals surface area contributed by atoms with Gasteiger partial charge >= 0.3 is 0 Å². The summed E-state index contributed by atoms with van der Waals surface area (Å²) >= 11 is 0. The third-order valence-corrected chi connectivity index (χ3v) is 10.4. The number of benzene rings is 10. The normalized spacial score (nSPS) is 11.6. The molecule has 0 heteroatoms. The minimum Gasteiger partial charge on any atom is -0.0616 e. The van der Waals surface area contributed by atoms with E-state index in [0.29, 0.717) is 0 Å². The Labute approximate surface area is 291 Å². The fourth-order valence-corrected chi connectivity index (χ4v) is 7.97. The molecule has 0 aliphatic carbocycles. The van der Waals surface area contributed by atoms with Gasteiger partial charge in [-0.15, -0.1) is 0 Å². The standard InChI is InChI=1S/C50H32/c1-2-11-39-31-40(27-21-33(39)9-1)34-17-23-37(24-18-34)49-45-13-5-7-15-47(45)50(48-16-8-6-14-46(48)49)38-25-19-35(20-26-38)41-29-30-44-42(32-41)28-22-36-10-3-4-12-43(36)44/h1-32H. The average Bonchev–Trinajstić information content (AvgIpc) is 3.19. The Kier molecular flexibility index (Phi) is 6.60. The first-order chi connectivity index (χ1) is 24.8. The molecule has 232 valence electrons. The summed E-state index contributed by atoms with van der Waals surface area (Å²) in [4.78, 5) is 0. The van der Waals surface area contributed by atoms with Crippen molar-refractivity contribution in [1.82, 2.24) is 0 Å². The quantitative estimate of drug-likeness (QED) is 0.134. The highest BCUT2D eigenvalue weighted by atomic mass is 14.2. The summed E-state index contributed by atoms with van der Waals surface area (Å²) in [6.07, 6.45) is 0. The van der Waals surface area contributed by atoms with Crippen LogP contribution in [-0.2, 0) is 0 Å². The minimum atomic E-state index is 1.22. The van der Waals surface area contributed by atoms with Gasteiger partial charge in [-0.2, -0.15) is 0 Å². The Hall–Kier alpha value is -6.50. The molecule has 0 atom stereocenters. The molecule has 0 aromatic heterocycles. The lowest BCUT2D eigenvalue weighted by Gasteiger charge is -2.18. The fraction of sp³-hybridized carbons (Fsp3) is 0. The van der Waals surface area contributed by atoms with E-state index in [1.165, 1.54) is 98.4 Å². The van der Waals surface area contributed by atoms with Crippen LogP contribution in [0.15, 0.2) is 194 Å². The Balaban J connectivity index is 1.07. The Morgan fingerprint density at radius 3 is 1.08 bits per heavy atom. The largest absolute Gasteiger partial charge is 0.0616 e. The van der Waals surface area contributed by atoms with Crippen LogP contribution < -0.4 is 0 Å². The Bertz CT molecular complexity index is 2840. The first-order valence-corrected chi connectivity index (χ1v) is 17.3. The van der Waals surface area contributed by atoms with Crippen molar-refractivity contribution in [3.63, 3.8) is 0 Å². The van der Waals surface area contributed by atoms with Crippen LogP contribution in [0, 0.1) is 0 Å². The minimum absolute atomic E-state index is 1.22. The van der Waals surface area contributed by atoms with Gasteiger partial charge in [-0.3, -0.25) is 0 Å². The highest BCUT2D eigenvalue weighted by molar-refractivity contribution is 6.21. The molecule has 50 heavy (non-hydrogen) atoms. The molecule has 0 aliphatic rings. The molecular weight excluding hydrogens is 601 g/mol. The monoisotopic (exact) mass is 632 g/mol. The zero-order valence-electron chi connectivity index (χ0n) is 27.5. The molecule has 10 aromatic rings. The predicted molar refractivity (Wildman–Crippen MR) is 216 cm³/mol. The van der Waals surface area contributed by atoms with E-state index < -0.39 is 0 Å². The molecule has 10 rings (SSSR count). The SMILES string of the molecule is c1ccc2cc(-c3ccc(-c4c5ccccc5c(-c5ccc(-c6ccc7c(ccc8ccccc87)c6)cc5)c5ccccc45)cc3)ccc2c1. The van der Waals surface area contributed by atoms with Gasteiger partial charge in [0.05, 0.1) is 0 Å². The van der Waals surface area contributed by atoms with Gasteiger partial charge < -0.3 is 0 Å². The maximum absolute atomic E-state index is 2.32. The third kappa shape index (κ3) is 4.69. The second kappa shape index (κ2) is 11.6. The number of rotatable bonds is 4. The maximum atomic E-state index is 2.32. The molecule has 10 aromatic carbocycles. The lowest BCUT2D eigenvalue weighted by molar-refractivity contribution is 1.62. The van der Waals surface area contributed by atoms with Crippen LogP contribution in [0.2, 0.25) is 0 Å². The molecule has 0 spiro atoms. The van der Waals surface area contributed by atoms with E-state index >= 15 is 0 Å². The van der Waals surface area contributed by atoms with E-state index in [4.69, 9.17) is 0 Å². The summed E-state index contributed by atoms with van der Waals surface area (Å²) < 4.78 is 0. The summed E-state index contributed by atoms with van der Waals surface area (Å²) in [5, 5.41) is 12.7. The Morgan fingerprint density at radius 2 is 0.520 bits per heavy atom. The molecule has 0 bridgehead atoms. The number of fused-ring (bicyclic) bond motifs is 6. The van der Waals surface area contributed by atoms with Gasteiger partial charge in [-0.25, -0.2) is 0 Å². The molecule has 0 saturated carbocycles. The maximum Gasteiger partial charge on any atom is -0.00264 e. The van der Waals surface area contributed by atoms with Crippen molar-refractivity contribution < 1.29 is 0 Å². The number of hydrogen-bond donors (Lipinski definition) is 0. The first kappa shape index (κ1) is 28.5. The average molecular weight is 633 g/mol. The van der Waals surface area contributed by atoms with Gasteiger partial charge in [0.1, 0.15) is 0 Å². The fourth-order valence-electron chi connectivity index (χ4n) is 7.97. The van der Waals surface area contributed by atoms with Crippen molar-refractivity contribution >= 4 is 53.9 Å². The molecule has 0 amide bonds. The lowest BCUT2D eigenvalue weighted by Crippen LogP contribution is -1.91. The van der Waals surface area contributed by atoms with Crippen LogP contribution in [0.1, 0.15) is 0 Å². The van der Waals surface area contributed by atoms with Gasteiger partial charge in [0.15, 0.2) is 0 Å². The van der Waals surface area contributed by atoms with Crippen LogP contribution in [0.5, 0.6) is 0 Å². The first-order valence-electron chi connectivity index (χ1n) is 17.3. The smallest absolute Gasteiger partial charge is 0.00264 e. The topological polar surface area (TPSA) is 0 Å². The summed E-state index contributed by atoms with van der Waals surface area (Å²) in [6.45, 7) is 0. The van der Waals surface area contributed by atoms with Crippen molar-refractivity contribution in [2.45, 2.75) is 0 Å². The zero-order valence-corrected chi connectivity index (χ0v) is 27.5. The molecule has 0 radical (unpaired) electrons. The van der Waals surface area contributed by atoms with Crippen molar-refractivity contribution in [2.24, 2.45) is 0 Å². The van der Waals surface area contributed by atoms with Crippen molar-refractivity contribution in [2.75, 3.05) is 0 Å². The predicted octanol–water partition coefficient (Wildman–Crippen LogP) is 14.1. The van der Waals surface area contributed by atoms with Gasteiger partial charge in [0.2, 0.25) is 0 Å². The van der Waals surface area contributed by atoms with Crippen molar-refractivity contribution in [1.29, 1.82) is 0 Å². The molecule has 0 aliphatic heterocycles. The molecule has 0 N–H and O–H groups in total. The zero-order chi connectivity index (χ0) is 33.0. The van der Waals surface area contributed by atoms with E-state index in [9.17, 15) is 0 Å². The third-order valence-electron chi connectivity index (χ3n) is 10.4.